The predicted molar refractivity (Wildman–Crippen MR) is 93.4 cm³/mol. The zero-order chi connectivity index (χ0) is 17.3. The molecule has 1 spiro atoms. The topological polar surface area (TPSA) is 64.6 Å². The van der Waals surface area contributed by atoms with E-state index in [1.807, 2.05) is 29.3 Å². The van der Waals surface area contributed by atoms with Crippen molar-refractivity contribution in [3.05, 3.63) is 46.2 Å². The van der Waals surface area contributed by atoms with E-state index < -0.39 is 0 Å². The van der Waals surface area contributed by atoms with Crippen molar-refractivity contribution in [2.45, 2.75) is 25.6 Å². The van der Waals surface area contributed by atoms with Gasteiger partial charge in [0.1, 0.15) is 11.3 Å². The second-order valence-electron chi connectivity index (χ2n) is 6.68. The van der Waals surface area contributed by atoms with Gasteiger partial charge in [0, 0.05) is 30.3 Å². The fraction of sp³-hybridized carbons (Fsp3) is 0.500. The van der Waals surface area contributed by atoms with Crippen LogP contribution in [0.25, 0.3) is 0 Å². The van der Waals surface area contributed by atoms with Crippen LogP contribution in [-0.2, 0) is 16.1 Å². The van der Waals surface area contributed by atoms with E-state index in [2.05, 4.69) is 9.97 Å². The Morgan fingerprint density at radius 3 is 2.96 bits per heavy atom. The molecular weight excluding hydrogens is 338 g/mol. The lowest BCUT2D eigenvalue weighted by Crippen LogP contribution is -2.66. The van der Waals surface area contributed by atoms with Gasteiger partial charge < -0.3 is 14.4 Å². The highest BCUT2D eigenvalue weighted by Gasteiger charge is 2.54. The number of rotatable bonds is 5. The van der Waals surface area contributed by atoms with Crippen LogP contribution in [0.2, 0.25) is 0 Å². The zero-order valence-corrected chi connectivity index (χ0v) is 15.0. The van der Waals surface area contributed by atoms with Crippen molar-refractivity contribution in [1.82, 2.24) is 14.9 Å². The summed E-state index contributed by atoms with van der Waals surface area (Å²) in [6.07, 6.45) is 4.52. The van der Waals surface area contributed by atoms with E-state index in [9.17, 15) is 4.79 Å². The second-order valence-corrected chi connectivity index (χ2v) is 7.74. The Labute approximate surface area is 150 Å². The molecule has 0 aliphatic carbocycles. The third-order valence-corrected chi connectivity index (χ3v) is 5.75. The molecule has 4 rings (SSSR count). The van der Waals surface area contributed by atoms with Crippen LogP contribution >= 0.6 is 11.3 Å². The molecule has 0 saturated carbocycles. The quantitative estimate of drug-likeness (QED) is 0.820. The molecule has 1 atom stereocenters. The predicted octanol–water partition coefficient (Wildman–Crippen LogP) is 2.29. The number of aryl methyl sites for hydroxylation is 1. The highest BCUT2D eigenvalue weighted by molar-refractivity contribution is 7.09. The van der Waals surface area contributed by atoms with Crippen molar-refractivity contribution >= 4 is 17.2 Å². The molecule has 1 amide bonds. The van der Waals surface area contributed by atoms with Gasteiger partial charge in [0.25, 0.3) is 5.91 Å². The summed E-state index contributed by atoms with van der Waals surface area (Å²) in [6.45, 7) is 5.14. The molecule has 2 aromatic heterocycles. The Kier molecular flexibility index (Phi) is 4.54. The monoisotopic (exact) mass is 359 g/mol. The lowest BCUT2D eigenvalue weighted by Gasteiger charge is -2.49. The van der Waals surface area contributed by atoms with E-state index in [0.717, 1.165) is 23.6 Å². The summed E-state index contributed by atoms with van der Waals surface area (Å²) in [5.41, 5.74) is 1.42. The van der Waals surface area contributed by atoms with E-state index in [1.165, 1.54) is 11.3 Å². The smallest absolute Gasteiger partial charge is 0.273 e. The van der Waals surface area contributed by atoms with Crippen molar-refractivity contribution in [3.63, 3.8) is 0 Å². The van der Waals surface area contributed by atoms with E-state index in [1.54, 1.807) is 12.4 Å². The summed E-state index contributed by atoms with van der Waals surface area (Å²) in [5, 5.41) is 2.74. The van der Waals surface area contributed by atoms with Crippen LogP contribution in [0.15, 0.2) is 29.9 Å². The zero-order valence-electron chi connectivity index (χ0n) is 14.2. The summed E-state index contributed by atoms with van der Waals surface area (Å²) in [4.78, 5) is 22.6. The molecule has 0 aromatic carbocycles. The molecule has 2 aliphatic heterocycles. The minimum absolute atomic E-state index is 0.00179. The number of carbonyl (C=O) groups is 1. The van der Waals surface area contributed by atoms with Gasteiger partial charge in [-0.3, -0.25) is 9.78 Å². The van der Waals surface area contributed by atoms with E-state index in [4.69, 9.17) is 9.47 Å². The van der Waals surface area contributed by atoms with Crippen LogP contribution in [0.3, 0.4) is 0 Å². The largest absolute Gasteiger partial charge is 0.376 e. The van der Waals surface area contributed by atoms with Gasteiger partial charge in [0.05, 0.1) is 31.3 Å². The van der Waals surface area contributed by atoms with Gasteiger partial charge in [-0.1, -0.05) is 0 Å². The first-order valence-electron chi connectivity index (χ1n) is 8.48. The fourth-order valence-corrected chi connectivity index (χ4v) is 4.12. The van der Waals surface area contributed by atoms with Crippen molar-refractivity contribution < 1.29 is 14.3 Å². The number of amides is 1. The Hall–Kier alpha value is -1.83. The molecule has 132 valence electrons. The van der Waals surface area contributed by atoms with Gasteiger partial charge in [0.2, 0.25) is 0 Å². The van der Waals surface area contributed by atoms with E-state index in [0.29, 0.717) is 37.9 Å². The maximum atomic E-state index is 12.5. The summed E-state index contributed by atoms with van der Waals surface area (Å²) in [6, 6.07) is 3.92. The molecule has 0 bridgehead atoms. The number of likely N-dealkylation sites (tertiary alicyclic amines) is 1. The van der Waals surface area contributed by atoms with Crippen LogP contribution in [0.5, 0.6) is 0 Å². The molecule has 0 radical (unpaired) electrons. The molecule has 2 aliphatic rings. The SMILES string of the molecule is Cc1nc(C(=O)N2CC3(C2)OCC[C@H]3COCc2ccncc2)cs1. The highest BCUT2D eigenvalue weighted by Crippen LogP contribution is 2.40. The molecule has 25 heavy (non-hydrogen) atoms. The summed E-state index contributed by atoms with van der Waals surface area (Å²) < 4.78 is 11.9. The van der Waals surface area contributed by atoms with Gasteiger partial charge in [-0.25, -0.2) is 4.98 Å². The molecular formula is C18H21N3O3S. The fourth-order valence-electron chi connectivity index (χ4n) is 3.54. The Morgan fingerprint density at radius 2 is 2.24 bits per heavy atom. The van der Waals surface area contributed by atoms with Gasteiger partial charge in [-0.15, -0.1) is 11.3 Å². The number of carbonyl (C=O) groups excluding carboxylic acids is 1. The maximum Gasteiger partial charge on any atom is 0.273 e. The van der Waals surface area contributed by atoms with Gasteiger partial charge >= 0.3 is 0 Å². The Bertz CT molecular complexity index is 743. The number of pyridine rings is 1. The Balaban J connectivity index is 1.31. The highest BCUT2D eigenvalue weighted by atomic mass is 32.1. The number of nitrogens with zero attached hydrogens (tertiary/aromatic N) is 3. The van der Waals surface area contributed by atoms with Crippen LogP contribution in [0.1, 0.15) is 27.5 Å². The summed E-state index contributed by atoms with van der Waals surface area (Å²) in [5.74, 6) is 0.331. The second kappa shape index (κ2) is 6.82. The minimum Gasteiger partial charge on any atom is -0.376 e. The van der Waals surface area contributed by atoms with Crippen LogP contribution in [-0.4, -0.2) is 52.7 Å². The lowest BCUT2D eigenvalue weighted by atomic mass is 9.81. The molecule has 0 unspecified atom stereocenters. The van der Waals surface area contributed by atoms with Crippen LogP contribution in [0, 0.1) is 12.8 Å². The molecule has 2 fully saturated rings. The first-order valence-corrected chi connectivity index (χ1v) is 9.36. The number of hydrogen-bond acceptors (Lipinski definition) is 6. The van der Waals surface area contributed by atoms with Crippen molar-refractivity contribution in [2.24, 2.45) is 5.92 Å². The number of hydrogen-bond donors (Lipinski definition) is 0. The first kappa shape index (κ1) is 16.6. The first-order chi connectivity index (χ1) is 12.2. The van der Waals surface area contributed by atoms with Crippen molar-refractivity contribution in [3.8, 4) is 0 Å². The van der Waals surface area contributed by atoms with E-state index in [-0.39, 0.29) is 11.5 Å². The average molecular weight is 359 g/mol. The maximum absolute atomic E-state index is 12.5. The van der Waals surface area contributed by atoms with Crippen LogP contribution < -0.4 is 0 Å². The van der Waals surface area contributed by atoms with Crippen molar-refractivity contribution in [2.75, 3.05) is 26.3 Å². The summed E-state index contributed by atoms with van der Waals surface area (Å²) in [7, 11) is 0. The standard InChI is InChI=1S/C18H21N3O3S/c1-13-20-16(10-25-13)17(22)21-11-18(12-21)15(4-7-24-18)9-23-8-14-2-5-19-6-3-14/h2-3,5-6,10,15H,4,7-9,11-12H2,1H3/t15-/m0/s1. The van der Waals surface area contributed by atoms with Gasteiger partial charge in [0.15, 0.2) is 0 Å². The van der Waals surface area contributed by atoms with Crippen LogP contribution in [0.4, 0.5) is 0 Å². The number of ether oxygens (including phenoxy) is 2. The normalized spacial score (nSPS) is 21.5. The lowest BCUT2D eigenvalue weighted by molar-refractivity contribution is -0.129. The Morgan fingerprint density at radius 1 is 1.44 bits per heavy atom. The molecule has 2 saturated heterocycles. The minimum atomic E-state index is -0.237. The molecule has 6 nitrogen and oxygen atoms in total. The molecule has 4 heterocycles. The third kappa shape index (κ3) is 3.31. The number of aromatic nitrogens is 2. The third-order valence-electron chi connectivity index (χ3n) is 4.98. The van der Waals surface area contributed by atoms with Gasteiger partial charge in [-0.2, -0.15) is 0 Å². The molecule has 0 N–H and O–H groups in total. The molecule has 7 heteroatoms. The average Bonchev–Trinajstić information content (AvgIpc) is 3.20. The van der Waals surface area contributed by atoms with Crippen molar-refractivity contribution in [1.29, 1.82) is 0 Å². The summed E-state index contributed by atoms with van der Waals surface area (Å²) >= 11 is 1.50. The van der Waals surface area contributed by atoms with E-state index >= 15 is 0 Å². The number of thiazole rings is 1. The van der Waals surface area contributed by atoms with Gasteiger partial charge in [-0.05, 0) is 31.0 Å². The molecule has 2 aromatic rings.